The maximum atomic E-state index is 5.89. The van der Waals surface area contributed by atoms with Crippen LogP contribution in [0.4, 0.5) is 0 Å². The Kier molecular flexibility index (Phi) is 7.76. The van der Waals surface area contributed by atoms with Gasteiger partial charge in [0.25, 0.3) is 0 Å². The average molecular weight is 292 g/mol. The van der Waals surface area contributed by atoms with E-state index in [-0.39, 0.29) is 5.54 Å². The van der Waals surface area contributed by atoms with Crippen LogP contribution in [0.2, 0.25) is 0 Å². The van der Waals surface area contributed by atoms with Crippen molar-refractivity contribution in [2.75, 3.05) is 26.7 Å². The molecule has 0 spiro atoms. The SMILES string of the molecule is CCCNCc1cccc(OCCN(C)C(C)(C)CC)c1. The van der Waals surface area contributed by atoms with E-state index in [1.807, 2.05) is 6.07 Å². The minimum atomic E-state index is 0.231. The van der Waals surface area contributed by atoms with Gasteiger partial charge in [-0.05, 0) is 58.0 Å². The van der Waals surface area contributed by atoms with Gasteiger partial charge >= 0.3 is 0 Å². The summed E-state index contributed by atoms with van der Waals surface area (Å²) >= 11 is 0. The molecule has 0 unspecified atom stereocenters. The van der Waals surface area contributed by atoms with Gasteiger partial charge in [0.2, 0.25) is 0 Å². The summed E-state index contributed by atoms with van der Waals surface area (Å²) in [6.45, 7) is 12.6. The molecule has 3 heteroatoms. The van der Waals surface area contributed by atoms with Crippen LogP contribution < -0.4 is 10.1 Å². The first-order valence-electron chi connectivity index (χ1n) is 8.13. The first-order chi connectivity index (χ1) is 9.99. The van der Waals surface area contributed by atoms with Gasteiger partial charge in [0, 0.05) is 18.6 Å². The lowest BCUT2D eigenvalue weighted by atomic mass is 10.0. The van der Waals surface area contributed by atoms with Gasteiger partial charge in [-0.15, -0.1) is 0 Å². The molecule has 0 radical (unpaired) electrons. The summed E-state index contributed by atoms with van der Waals surface area (Å²) in [5.74, 6) is 0.966. The molecule has 1 aromatic rings. The Bertz CT molecular complexity index is 404. The molecule has 0 saturated carbocycles. The number of hydrogen-bond donors (Lipinski definition) is 1. The fourth-order valence-corrected chi connectivity index (χ4v) is 2.03. The van der Waals surface area contributed by atoms with Gasteiger partial charge in [-0.25, -0.2) is 0 Å². The first-order valence-corrected chi connectivity index (χ1v) is 8.13. The van der Waals surface area contributed by atoms with Crippen LogP contribution >= 0.6 is 0 Å². The standard InChI is InChI=1S/C18H32N2O/c1-6-11-19-15-16-9-8-10-17(14-16)21-13-12-20(5)18(3,4)7-2/h8-10,14,19H,6-7,11-13,15H2,1-5H3. The van der Waals surface area contributed by atoms with Crippen molar-refractivity contribution in [2.45, 2.75) is 52.6 Å². The second-order valence-electron chi connectivity index (χ2n) is 6.26. The third kappa shape index (κ3) is 6.49. The summed E-state index contributed by atoms with van der Waals surface area (Å²) in [6, 6.07) is 8.38. The van der Waals surface area contributed by atoms with Crippen LogP contribution in [-0.2, 0) is 6.54 Å². The minimum absolute atomic E-state index is 0.231. The van der Waals surface area contributed by atoms with Crippen LogP contribution in [0.25, 0.3) is 0 Å². The fraction of sp³-hybridized carbons (Fsp3) is 0.667. The predicted molar refractivity (Wildman–Crippen MR) is 90.9 cm³/mol. The van der Waals surface area contributed by atoms with E-state index in [4.69, 9.17) is 4.74 Å². The van der Waals surface area contributed by atoms with E-state index in [0.717, 1.165) is 44.8 Å². The quantitative estimate of drug-likeness (QED) is 0.666. The van der Waals surface area contributed by atoms with Gasteiger partial charge in [-0.3, -0.25) is 4.90 Å². The Balaban J connectivity index is 2.40. The first kappa shape index (κ1) is 18.0. The van der Waals surface area contributed by atoms with E-state index in [1.165, 1.54) is 5.56 Å². The van der Waals surface area contributed by atoms with Gasteiger partial charge < -0.3 is 10.1 Å². The molecule has 0 atom stereocenters. The molecule has 0 bridgehead atoms. The molecule has 0 aliphatic heterocycles. The van der Waals surface area contributed by atoms with E-state index in [9.17, 15) is 0 Å². The molecule has 0 aliphatic carbocycles. The van der Waals surface area contributed by atoms with Crippen molar-refractivity contribution in [2.24, 2.45) is 0 Å². The van der Waals surface area contributed by atoms with Gasteiger partial charge in [-0.1, -0.05) is 26.0 Å². The smallest absolute Gasteiger partial charge is 0.119 e. The molecular formula is C18H32N2O. The summed E-state index contributed by atoms with van der Waals surface area (Å²) in [6.07, 6.45) is 2.30. The number of rotatable bonds is 10. The molecule has 1 aromatic carbocycles. The third-order valence-corrected chi connectivity index (χ3v) is 4.25. The fourth-order valence-electron chi connectivity index (χ4n) is 2.03. The molecule has 0 saturated heterocycles. The number of ether oxygens (including phenoxy) is 1. The molecule has 0 aliphatic rings. The summed E-state index contributed by atoms with van der Waals surface area (Å²) in [7, 11) is 2.16. The van der Waals surface area contributed by atoms with E-state index < -0.39 is 0 Å². The zero-order valence-electron chi connectivity index (χ0n) is 14.4. The van der Waals surface area contributed by atoms with Crippen LogP contribution in [0, 0.1) is 0 Å². The molecular weight excluding hydrogens is 260 g/mol. The summed E-state index contributed by atoms with van der Waals surface area (Å²) in [5, 5.41) is 3.42. The molecule has 3 nitrogen and oxygen atoms in total. The maximum absolute atomic E-state index is 5.89. The van der Waals surface area contributed by atoms with Crippen LogP contribution in [0.5, 0.6) is 5.75 Å². The van der Waals surface area contributed by atoms with Crippen molar-refractivity contribution in [3.8, 4) is 5.75 Å². The lowest BCUT2D eigenvalue weighted by Crippen LogP contribution is -2.42. The third-order valence-electron chi connectivity index (χ3n) is 4.25. The second-order valence-corrected chi connectivity index (χ2v) is 6.26. The number of nitrogens with one attached hydrogen (secondary N) is 1. The van der Waals surface area contributed by atoms with Crippen molar-refractivity contribution in [1.29, 1.82) is 0 Å². The van der Waals surface area contributed by atoms with Gasteiger partial charge in [-0.2, -0.15) is 0 Å². The second kappa shape index (κ2) is 9.06. The highest BCUT2D eigenvalue weighted by atomic mass is 16.5. The van der Waals surface area contributed by atoms with Crippen molar-refractivity contribution in [3.63, 3.8) is 0 Å². The minimum Gasteiger partial charge on any atom is -0.492 e. The lowest BCUT2D eigenvalue weighted by Gasteiger charge is -2.34. The highest BCUT2D eigenvalue weighted by Crippen LogP contribution is 2.17. The van der Waals surface area contributed by atoms with Gasteiger partial charge in [0.1, 0.15) is 12.4 Å². The Morgan fingerprint density at radius 1 is 1.24 bits per heavy atom. The summed E-state index contributed by atoms with van der Waals surface area (Å²) in [5.41, 5.74) is 1.51. The largest absolute Gasteiger partial charge is 0.492 e. The van der Waals surface area contributed by atoms with Crippen molar-refractivity contribution >= 4 is 0 Å². The predicted octanol–water partition coefficient (Wildman–Crippen LogP) is 3.69. The van der Waals surface area contributed by atoms with Crippen LogP contribution in [-0.4, -0.2) is 37.2 Å². The van der Waals surface area contributed by atoms with E-state index in [0.29, 0.717) is 0 Å². The summed E-state index contributed by atoms with van der Waals surface area (Å²) < 4.78 is 5.89. The van der Waals surface area contributed by atoms with Gasteiger partial charge in [0.05, 0.1) is 0 Å². The van der Waals surface area contributed by atoms with E-state index in [1.54, 1.807) is 0 Å². The number of benzene rings is 1. The molecule has 0 heterocycles. The molecule has 0 amide bonds. The highest BCUT2D eigenvalue weighted by molar-refractivity contribution is 5.28. The molecule has 1 rings (SSSR count). The molecule has 1 N–H and O–H groups in total. The highest BCUT2D eigenvalue weighted by Gasteiger charge is 2.20. The number of nitrogens with zero attached hydrogens (tertiary/aromatic N) is 1. The Hall–Kier alpha value is -1.06. The lowest BCUT2D eigenvalue weighted by molar-refractivity contribution is 0.125. The number of likely N-dealkylation sites (N-methyl/N-ethyl adjacent to an activating group) is 1. The molecule has 21 heavy (non-hydrogen) atoms. The molecule has 0 aromatic heterocycles. The molecule has 120 valence electrons. The Labute approximate surface area is 130 Å². The van der Waals surface area contributed by atoms with Crippen LogP contribution in [0.3, 0.4) is 0 Å². The summed E-state index contributed by atoms with van der Waals surface area (Å²) in [4.78, 5) is 2.36. The van der Waals surface area contributed by atoms with Gasteiger partial charge in [0.15, 0.2) is 0 Å². The zero-order chi connectivity index (χ0) is 15.7. The topological polar surface area (TPSA) is 24.5 Å². The number of hydrogen-bond acceptors (Lipinski definition) is 3. The van der Waals surface area contributed by atoms with E-state index >= 15 is 0 Å². The zero-order valence-corrected chi connectivity index (χ0v) is 14.4. The Morgan fingerprint density at radius 2 is 2.00 bits per heavy atom. The van der Waals surface area contributed by atoms with Crippen molar-refractivity contribution in [1.82, 2.24) is 10.2 Å². The van der Waals surface area contributed by atoms with Crippen LogP contribution in [0.1, 0.15) is 46.1 Å². The monoisotopic (exact) mass is 292 g/mol. The van der Waals surface area contributed by atoms with Crippen molar-refractivity contribution in [3.05, 3.63) is 29.8 Å². The van der Waals surface area contributed by atoms with Crippen molar-refractivity contribution < 1.29 is 4.74 Å². The Morgan fingerprint density at radius 3 is 2.67 bits per heavy atom. The molecule has 0 fully saturated rings. The normalized spacial score (nSPS) is 11.9. The van der Waals surface area contributed by atoms with E-state index in [2.05, 4.69) is 63.2 Å². The average Bonchev–Trinajstić information content (AvgIpc) is 2.48. The van der Waals surface area contributed by atoms with Crippen LogP contribution in [0.15, 0.2) is 24.3 Å². The maximum Gasteiger partial charge on any atom is 0.119 e.